The lowest BCUT2D eigenvalue weighted by molar-refractivity contribution is 0.730. The number of hydrogen-bond acceptors (Lipinski definition) is 4. The van der Waals surface area contributed by atoms with Crippen molar-refractivity contribution in [1.29, 1.82) is 0 Å². The maximum Gasteiger partial charge on any atom is 0.147 e. The Bertz CT molecular complexity index is 582. The van der Waals surface area contributed by atoms with E-state index in [1.165, 1.54) is 10.4 Å². The van der Waals surface area contributed by atoms with E-state index in [1.54, 1.807) is 0 Å². The number of rotatable bonds is 3. The number of nitrogens with one attached hydrogen (secondary N) is 1. The van der Waals surface area contributed by atoms with E-state index in [0.717, 1.165) is 42.5 Å². The molecule has 0 aromatic carbocycles. The highest BCUT2D eigenvalue weighted by Crippen LogP contribution is 2.30. The van der Waals surface area contributed by atoms with E-state index in [4.69, 9.17) is 11.6 Å². The number of aromatic nitrogens is 1. The third kappa shape index (κ3) is 2.61. The molecule has 3 nitrogen and oxygen atoms in total. The van der Waals surface area contributed by atoms with Gasteiger partial charge in [-0.3, -0.25) is 0 Å². The molecule has 3 heterocycles. The molecule has 100 valence electrons. The van der Waals surface area contributed by atoms with Crippen LogP contribution in [0.1, 0.15) is 16.0 Å². The molecule has 0 unspecified atom stereocenters. The highest BCUT2D eigenvalue weighted by atomic mass is 35.5. The van der Waals surface area contributed by atoms with Gasteiger partial charge in [-0.25, -0.2) is 4.98 Å². The predicted octanol–water partition coefficient (Wildman–Crippen LogP) is 3.08. The van der Waals surface area contributed by atoms with Crippen molar-refractivity contribution in [3.8, 4) is 0 Å². The highest BCUT2D eigenvalue weighted by molar-refractivity contribution is 7.10. The Hall–Kier alpha value is -1.10. The van der Waals surface area contributed by atoms with Crippen LogP contribution in [0.4, 0.5) is 5.82 Å². The van der Waals surface area contributed by atoms with Crippen molar-refractivity contribution in [2.45, 2.75) is 19.5 Å². The van der Waals surface area contributed by atoms with Gasteiger partial charge in [-0.1, -0.05) is 11.6 Å². The number of thiophene rings is 1. The number of halogens is 1. The molecule has 0 fully saturated rings. The molecule has 2 aromatic heterocycles. The van der Waals surface area contributed by atoms with Crippen LogP contribution in [0.3, 0.4) is 0 Å². The van der Waals surface area contributed by atoms with Gasteiger partial charge in [0, 0.05) is 30.7 Å². The number of pyridine rings is 1. The fraction of sp³-hybridized carbons (Fsp3) is 0.357. The van der Waals surface area contributed by atoms with Gasteiger partial charge < -0.3 is 10.2 Å². The average molecular weight is 294 g/mol. The topological polar surface area (TPSA) is 28.2 Å². The van der Waals surface area contributed by atoms with E-state index in [-0.39, 0.29) is 0 Å². The van der Waals surface area contributed by atoms with Crippen molar-refractivity contribution in [1.82, 2.24) is 10.3 Å². The summed E-state index contributed by atoms with van der Waals surface area (Å²) in [6, 6.07) is 4.21. The lowest BCUT2D eigenvalue weighted by Gasteiger charge is -2.28. The largest absolute Gasteiger partial charge is 0.351 e. The minimum Gasteiger partial charge on any atom is -0.351 e. The summed E-state index contributed by atoms with van der Waals surface area (Å²) >= 11 is 8.22. The zero-order valence-corrected chi connectivity index (χ0v) is 12.4. The van der Waals surface area contributed by atoms with Crippen LogP contribution >= 0.6 is 22.9 Å². The molecule has 5 heteroatoms. The Morgan fingerprint density at radius 2 is 2.42 bits per heavy atom. The van der Waals surface area contributed by atoms with E-state index in [1.807, 2.05) is 30.6 Å². The second-order valence-electron chi connectivity index (χ2n) is 4.72. The molecule has 3 rings (SSSR count). The molecule has 0 radical (unpaired) electrons. The van der Waals surface area contributed by atoms with Crippen LogP contribution in [-0.2, 0) is 19.5 Å². The molecule has 0 spiro atoms. The van der Waals surface area contributed by atoms with Crippen molar-refractivity contribution >= 4 is 28.8 Å². The quantitative estimate of drug-likeness (QED) is 0.943. The van der Waals surface area contributed by atoms with Crippen molar-refractivity contribution in [2.24, 2.45) is 0 Å². The molecule has 0 bridgehead atoms. The summed E-state index contributed by atoms with van der Waals surface area (Å²) in [4.78, 5) is 8.30. The first-order chi connectivity index (χ1) is 9.28. The maximum atomic E-state index is 6.37. The third-order valence-corrected chi connectivity index (χ3v) is 4.67. The van der Waals surface area contributed by atoms with Crippen molar-refractivity contribution in [3.05, 3.63) is 44.7 Å². The molecular weight excluding hydrogens is 278 g/mol. The molecule has 1 aliphatic heterocycles. The Morgan fingerprint density at radius 3 is 3.21 bits per heavy atom. The van der Waals surface area contributed by atoms with Crippen molar-refractivity contribution < 1.29 is 0 Å². The summed E-state index contributed by atoms with van der Waals surface area (Å²) in [6.07, 6.45) is 2.99. The minimum atomic E-state index is 0.742. The summed E-state index contributed by atoms with van der Waals surface area (Å²) in [5, 5.41) is 6.02. The Morgan fingerprint density at radius 1 is 1.53 bits per heavy atom. The molecule has 19 heavy (non-hydrogen) atoms. The van der Waals surface area contributed by atoms with Gasteiger partial charge in [0.15, 0.2) is 0 Å². The van der Waals surface area contributed by atoms with Gasteiger partial charge in [0.25, 0.3) is 0 Å². The number of hydrogen-bond donors (Lipinski definition) is 1. The molecule has 0 amide bonds. The van der Waals surface area contributed by atoms with E-state index >= 15 is 0 Å². The highest BCUT2D eigenvalue weighted by Gasteiger charge is 2.20. The molecule has 0 saturated carbocycles. The Kier molecular flexibility index (Phi) is 3.73. The van der Waals surface area contributed by atoms with E-state index in [9.17, 15) is 0 Å². The number of nitrogens with zero attached hydrogens (tertiary/aromatic N) is 2. The molecule has 0 saturated heterocycles. The standard InChI is InChI=1S/C14H16ClN3S/c1-16-7-10-6-12(15)14(17-8-10)18-4-2-13-11(9-18)3-5-19-13/h3,5-6,8,16H,2,4,7,9H2,1H3. The van der Waals surface area contributed by atoms with Crippen LogP contribution in [-0.4, -0.2) is 18.6 Å². The van der Waals surface area contributed by atoms with Gasteiger partial charge in [0.1, 0.15) is 5.82 Å². The maximum absolute atomic E-state index is 6.37. The number of anilines is 1. The Labute approximate surface area is 122 Å². The van der Waals surface area contributed by atoms with Crippen LogP contribution in [0.5, 0.6) is 0 Å². The molecular formula is C14H16ClN3S. The summed E-state index contributed by atoms with van der Waals surface area (Å²) < 4.78 is 0. The van der Waals surface area contributed by atoms with Crippen molar-refractivity contribution in [3.63, 3.8) is 0 Å². The van der Waals surface area contributed by atoms with Gasteiger partial charge in [-0.2, -0.15) is 0 Å². The van der Waals surface area contributed by atoms with Crippen molar-refractivity contribution in [2.75, 3.05) is 18.5 Å². The molecule has 1 N–H and O–H groups in total. The first-order valence-corrected chi connectivity index (χ1v) is 7.63. The second kappa shape index (κ2) is 5.49. The summed E-state index contributed by atoms with van der Waals surface area (Å²) in [6.45, 7) is 2.70. The van der Waals surface area contributed by atoms with Crippen LogP contribution in [0.2, 0.25) is 5.02 Å². The van der Waals surface area contributed by atoms with E-state index in [0.29, 0.717) is 0 Å². The fourth-order valence-electron chi connectivity index (χ4n) is 2.43. The van der Waals surface area contributed by atoms with Gasteiger partial charge in [-0.15, -0.1) is 11.3 Å². The predicted molar refractivity (Wildman–Crippen MR) is 81.1 cm³/mol. The van der Waals surface area contributed by atoms with Crippen LogP contribution in [0, 0.1) is 0 Å². The average Bonchev–Trinajstić information content (AvgIpc) is 2.86. The second-order valence-corrected chi connectivity index (χ2v) is 6.13. The Balaban J connectivity index is 1.83. The smallest absolute Gasteiger partial charge is 0.147 e. The van der Waals surface area contributed by atoms with Crippen LogP contribution < -0.4 is 10.2 Å². The van der Waals surface area contributed by atoms with Crippen LogP contribution in [0.25, 0.3) is 0 Å². The van der Waals surface area contributed by atoms with E-state index < -0.39 is 0 Å². The van der Waals surface area contributed by atoms with Gasteiger partial charge in [0.2, 0.25) is 0 Å². The SMILES string of the molecule is CNCc1cnc(N2CCc3sccc3C2)c(Cl)c1. The number of fused-ring (bicyclic) bond motifs is 1. The third-order valence-electron chi connectivity index (χ3n) is 3.37. The zero-order chi connectivity index (χ0) is 13.2. The normalized spacial score (nSPS) is 14.5. The monoisotopic (exact) mass is 293 g/mol. The van der Waals surface area contributed by atoms with Gasteiger partial charge >= 0.3 is 0 Å². The fourth-order valence-corrected chi connectivity index (χ4v) is 3.63. The summed E-state index contributed by atoms with van der Waals surface area (Å²) in [7, 11) is 1.92. The lowest BCUT2D eigenvalue weighted by atomic mass is 10.1. The first-order valence-electron chi connectivity index (χ1n) is 6.37. The molecule has 1 aliphatic rings. The zero-order valence-electron chi connectivity index (χ0n) is 10.8. The molecule has 0 atom stereocenters. The summed E-state index contributed by atoms with van der Waals surface area (Å²) in [5.41, 5.74) is 2.53. The molecule has 0 aliphatic carbocycles. The first kappa shape index (κ1) is 12.9. The lowest BCUT2D eigenvalue weighted by Crippen LogP contribution is -2.30. The van der Waals surface area contributed by atoms with Crippen LogP contribution in [0.15, 0.2) is 23.7 Å². The van der Waals surface area contributed by atoms with Gasteiger partial charge in [0.05, 0.1) is 5.02 Å². The minimum absolute atomic E-state index is 0.742. The molecule has 2 aromatic rings. The van der Waals surface area contributed by atoms with E-state index in [2.05, 4.69) is 26.6 Å². The summed E-state index contributed by atoms with van der Waals surface area (Å²) in [5.74, 6) is 0.901. The van der Waals surface area contributed by atoms with Gasteiger partial charge in [-0.05, 0) is 42.1 Å².